The van der Waals surface area contributed by atoms with Crippen LogP contribution < -0.4 is 4.74 Å². The summed E-state index contributed by atoms with van der Waals surface area (Å²) >= 11 is 5.46. The summed E-state index contributed by atoms with van der Waals surface area (Å²) in [6.45, 7) is 4.28. The number of benzene rings is 1. The van der Waals surface area contributed by atoms with Crippen molar-refractivity contribution in [3.05, 3.63) is 33.5 Å². The Kier molecular flexibility index (Phi) is 2.90. The molecule has 4 rings (SSSR count). The van der Waals surface area contributed by atoms with Gasteiger partial charge in [-0.05, 0) is 81.8 Å². The molecule has 2 aliphatic rings. The van der Waals surface area contributed by atoms with Crippen LogP contribution in [0.5, 0.6) is 5.75 Å². The maximum absolute atomic E-state index is 6.12. The molecule has 1 aliphatic heterocycles. The summed E-state index contributed by atoms with van der Waals surface area (Å²) in [5.74, 6) is 0.965. The summed E-state index contributed by atoms with van der Waals surface area (Å²) in [6.07, 6.45) is 6.79. The van der Waals surface area contributed by atoms with Crippen molar-refractivity contribution in [1.29, 1.82) is 0 Å². The lowest BCUT2D eigenvalue weighted by atomic mass is 9.88. The molecule has 0 unspecified atom stereocenters. The fourth-order valence-corrected chi connectivity index (χ4v) is 3.91. The van der Waals surface area contributed by atoms with Gasteiger partial charge in [0.15, 0.2) is 4.71 Å². The highest BCUT2D eigenvalue weighted by Crippen LogP contribution is 2.39. The third-order valence-electron chi connectivity index (χ3n) is 4.79. The van der Waals surface area contributed by atoms with E-state index in [1.165, 1.54) is 34.9 Å². The molecule has 0 saturated carbocycles. The highest BCUT2D eigenvalue weighted by atomic mass is 32.1. The van der Waals surface area contributed by atoms with Crippen molar-refractivity contribution in [2.24, 2.45) is 0 Å². The van der Waals surface area contributed by atoms with Gasteiger partial charge in [0, 0.05) is 17.0 Å². The van der Waals surface area contributed by atoms with Crippen molar-refractivity contribution < 1.29 is 9.15 Å². The predicted octanol–water partition coefficient (Wildman–Crippen LogP) is 5.14. The quantitative estimate of drug-likeness (QED) is 0.629. The first-order valence-electron chi connectivity index (χ1n) is 7.84. The van der Waals surface area contributed by atoms with E-state index in [1.54, 1.807) is 0 Å². The molecular formula is C18H20O2S. The zero-order chi connectivity index (χ0) is 14.6. The van der Waals surface area contributed by atoms with Crippen LogP contribution in [0.3, 0.4) is 0 Å². The van der Waals surface area contributed by atoms with Gasteiger partial charge in [-0.1, -0.05) is 0 Å². The molecule has 3 heteroatoms. The Morgan fingerprint density at radius 1 is 1.05 bits per heavy atom. The lowest BCUT2D eigenvalue weighted by Crippen LogP contribution is -2.32. The topological polar surface area (TPSA) is 22.4 Å². The summed E-state index contributed by atoms with van der Waals surface area (Å²) in [5.41, 5.74) is 4.78. The first kappa shape index (κ1) is 13.3. The number of hydrogen-bond acceptors (Lipinski definition) is 3. The van der Waals surface area contributed by atoms with Gasteiger partial charge < -0.3 is 9.15 Å². The normalized spacial score (nSPS) is 19.7. The van der Waals surface area contributed by atoms with Gasteiger partial charge in [0.25, 0.3) is 0 Å². The van der Waals surface area contributed by atoms with E-state index in [0.717, 1.165) is 37.0 Å². The van der Waals surface area contributed by atoms with E-state index < -0.39 is 0 Å². The highest BCUT2D eigenvalue weighted by Gasteiger charge is 2.28. The Morgan fingerprint density at radius 2 is 1.81 bits per heavy atom. The zero-order valence-corrected chi connectivity index (χ0v) is 13.4. The molecular weight excluding hydrogens is 280 g/mol. The number of fused-ring (bicyclic) bond motifs is 4. The molecule has 0 atom stereocenters. The molecule has 0 fully saturated rings. The number of rotatable bonds is 0. The smallest absolute Gasteiger partial charge is 0.194 e. The van der Waals surface area contributed by atoms with Gasteiger partial charge >= 0.3 is 0 Å². The van der Waals surface area contributed by atoms with Crippen molar-refractivity contribution in [2.75, 3.05) is 0 Å². The molecule has 0 bridgehead atoms. The van der Waals surface area contributed by atoms with E-state index in [0.29, 0.717) is 4.71 Å². The van der Waals surface area contributed by atoms with Crippen molar-refractivity contribution in [1.82, 2.24) is 0 Å². The second kappa shape index (κ2) is 4.57. The summed E-state index contributed by atoms with van der Waals surface area (Å²) < 4.78 is 12.7. The molecule has 0 saturated heterocycles. The van der Waals surface area contributed by atoms with Crippen LogP contribution in [0, 0.1) is 4.71 Å². The van der Waals surface area contributed by atoms with Crippen LogP contribution in [0.15, 0.2) is 16.5 Å². The minimum atomic E-state index is -0.0916. The summed E-state index contributed by atoms with van der Waals surface area (Å²) in [4.78, 5) is 0. The number of hydrogen-bond donors (Lipinski definition) is 0. The van der Waals surface area contributed by atoms with Crippen molar-refractivity contribution >= 4 is 23.2 Å². The highest BCUT2D eigenvalue weighted by molar-refractivity contribution is 7.71. The second-order valence-corrected chi connectivity index (χ2v) is 7.24. The molecule has 1 aliphatic carbocycles. The minimum Gasteiger partial charge on any atom is -0.487 e. The summed E-state index contributed by atoms with van der Waals surface area (Å²) in [7, 11) is 0. The molecule has 110 valence electrons. The van der Waals surface area contributed by atoms with Crippen LogP contribution in [0.1, 0.15) is 49.8 Å². The SMILES string of the molecule is CC1(C)CCc2cc3c4c(c(=S)oc3cc2O1)CCCC4. The first-order valence-corrected chi connectivity index (χ1v) is 8.25. The van der Waals surface area contributed by atoms with E-state index >= 15 is 0 Å². The van der Waals surface area contributed by atoms with Crippen LogP contribution >= 0.6 is 12.2 Å². The molecule has 2 heterocycles. The van der Waals surface area contributed by atoms with Crippen LogP contribution in [0.25, 0.3) is 11.0 Å². The fourth-order valence-electron chi connectivity index (χ4n) is 3.59. The molecule has 1 aromatic heterocycles. The fraction of sp³-hybridized carbons (Fsp3) is 0.500. The van der Waals surface area contributed by atoms with Crippen LogP contribution in [0.4, 0.5) is 0 Å². The molecule has 2 aromatic rings. The molecule has 0 amide bonds. The Bertz CT molecular complexity index is 786. The van der Waals surface area contributed by atoms with Gasteiger partial charge in [0.2, 0.25) is 0 Å². The largest absolute Gasteiger partial charge is 0.487 e. The Labute approximate surface area is 130 Å². The van der Waals surface area contributed by atoms with Gasteiger partial charge in [0.05, 0.1) is 0 Å². The monoisotopic (exact) mass is 300 g/mol. The third kappa shape index (κ3) is 2.18. The number of ether oxygens (including phenoxy) is 1. The van der Waals surface area contributed by atoms with Crippen LogP contribution in [-0.2, 0) is 19.3 Å². The second-order valence-electron chi connectivity index (χ2n) is 6.87. The summed E-state index contributed by atoms with van der Waals surface area (Å²) in [6, 6.07) is 4.33. The van der Waals surface area contributed by atoms with E-state index in [-0.39, 0.29) is 5.60 Å². The lowest BCUT2D eigenvalue weighted by Gasteiger charge is -2.33. The van der Waals surface area contributed by atoms with Crippen molar-refractivity contribution in [3.8, 4) is 5.75 Å². The van der Waals surface area contributed by atoms with Gasteiger partial charge in [-0.25, -0.2) is 0 Å². The van der Waals surface area contributed by atoms with Crippen LogP contribution in [-0.4, -0.2) is 5.60 Å². The van der Waals surface area contributed by atoms with E-state index in [4.69, 9.17) is 21.4 Å². The van der Waals surface area contributed by atoms with Gasteiger partial charge in [-0.2, -0.15) is 0 Å². The molecule has 0 spiro atoms. The molecule has 21 heavy (non-hydrogen) atoms. The van der Waals surface area contributed by atoms with E-state index in [1.807, 2.05) is 0 Å². The minimum absolute atomic E-state index is 0.0916. The van der Waals surface area contributed by atoms with Gasteiger partial charge in [-0.15, -0.1) is 0 Å². The maximum atomic E-state index is 6.12. The summed E-state index contributed by atoms with van der Waals surface area (Å²) in [5, 5.41) is 1.25. The van der Waals surface area contributed by atoms with E-state index in [2.05, 4.69) is 26.0 Å². The standard InChI is InChI=1S/C18H20O2S/c1-18(2)8-7-11-9-14-12-5-3-4-6-13(12)17(21)19-16(14)10-15(11)20-18/h9-10H,3-8H2,1-2H3. The first-order chi connectivity index (χ1) is 10.0. The van der Waals surface area contributed by atoms with Crippen LogP contribution in [0.2, 0.25) is 0 Å². The maximum Gasteiger partial charge on any atom is 0.194 e. The molecule has 0 radical (unpaired) electrons. The Morgan fingerprint density at radius 3 is 2.62 bits per heavy atom. The Hall–Kier alpha value is -1.35. The average Bonchev–Trinajstić information content (AvgIpc) is 2.45. The molecule has 1 aromatic carbocycles. The zero-order valence-electron chi connectivity index (χ0n) is 12.6. The number of aryl methyl sites for hydroxylation is 2. The van der Waals surface area contributed by atoms with Crippen molar-refractivity contribution in [3.63, 3.8) is 0 Å². The lowest BCUT2D eigenvalue weighted by molar-refractivity contribution is 0.0848. The van der Waals surface area contributed by atoms with E-state index in [9.17, 15) is 0 Å². The predicted molar refractivity (Wildman–Crippen MR) is 86.7 cm³/mol. The average molecular weight is 300 g/mol. The molecule has 2 nitrogen and oxygen atoms in total. The van der Waals surface area contributed by atoms with Gasteiger partial charge in [-0.3, -0.25) is 0 Å². The molecule has 0 N–H and O–H groups in total. The Balaban J connectivity index is 1.97. The third-order valence-corrected chi connectivity index (χ3v) is 5.12. The van der Waals surface area contributed by atoms with Gasteiger partial charge in [0.1, 0.15) is 16.9 Å². The van der Waals surface area contributed by atoms with Crippen molar-refractivity contribution in [2.45, 2.75) is 58.0 Å².